The minimum Gasteiger partial charge on any atom is -0.464 e. The third kappa shape index (κ3) is 4.79. The Bertz CT molecular complexity index is 1300. The quantitative estimate of drug-likeness (QED) is 0.322. The molecule has 33 heavy (non-hydrogen) atoms. The summed E-state index contributed by atoms with van der Waals surface area (Å²) in [6, 6.07) is 26.9. The molecule has 0 spiro atoms. The Kier molecular flexibility index (Phi) is 6.14. The first-order chi connectivity index (χ1) is 16.2. The molecule has 0 aliphatic carbocycles. The highest BCUT2D eigenvalue weighted by atomic mass is 35.5. The lowest BCUT2D eigenvalue weighted by atomic mass is 9.98. The maximum absolute atomic E-state index is 6.05. The van der Waals surface area contributed by atoms with Crippen LogP contribution in [0, 0.1) is 0 Å². The summed E-state index contributed by atoms with van der Waals surface area (Å²) >= 11 is 6.05. The Labute approximate surface area is 199 Å². The number of furan rings is 1. The highest BCUT2D eigenvalue weighted by Gasteiger charge is 2.16. The number of hydrogen-bond acceptors (Lipinski definition) is 3. The van der Waals surface area contributed by atoms with E-state index in [0.717, 1.165) is 47.1 Å². The molecule has 164 valence electrons. The number of benzodiazepines with no additional fused rings is 1. The number of fused-ring (bicyclic) bond motifs is 1. The van der Waals surface area contributed by atoms with Crippen LogP contribution in [0.5, 0.6) is 0 Å². The summed E-state index contributed by atoms with van der Waals surface area (Å²) in [5, 5.41) is 0.761. The highest BCUT2D eigenvalue weighted by Crippen LogP contribution is 2.30. The van der Waals surface area contributed by atoms with Crippen LogP contribution in [0.4, 0.5) is 5.69 Å². The molecule has 3 aromatic carbocycles. The van der Waals surface area contributed by atoms with Crippen molar-refractivity contribution < 1.29 is 4.42 Å². The van der Waals surface area contributed by atoms with Gasteiger partial charge in [0.1, 0.15) is 5.76 Å². The number of halogens is 1. The van der Waals surface area contributed by atoms with Gasteiger partial charge in [0, 0.05) is 35.4 Å². The van der Waals surface area contributed by atoms with E-state index in [1.54, 1.807) is 6.26 Å². The van der Waals surface area contributed by atoms with Crippen LogP contribution >= 0.6 is 11.6 Å². The zero-order chi connectivity index (χ0) is 22.6. The molecular weight excluding hydrogens is 428 g/mol. The van der Waals surface area contributed by atoms with Crippen LogP contribution in [0.2, 0.25) is 5.02 Å². The van der Waals surface area contributed by atoms with Crippen LogP contribution in [0.3, 0.4) is 0 Å². The van der Waals surface area contributed by atoms with Crippen molar-refractivity contribution in [3.8, 4) is 11.3 Å². The van der Waals surface area contributed by atoms with Crippen LogP contribution in [-0.2, 0) is 6.42 Å². The van der Waals surface area contributed by atoms with Gasteiger partial charge in [0.2, 0.25) is 0 Å². The topological polar surface area (TPSA) is 28.7 Å². The SMILES string of the molecule is CN1CCN=C(/C=C/c2ccccc2Cc2ccc(Cl)cc2)c2ccc(-c3ccco3)cc21. The van der Waals surface area contributed by atoms with E-state index in [0.29, 0.717) is 0 Å². The molecule has 0 atom stereocenters. The molecule has 0 amide bonds. The molecule has 0 radical (unpaired) electrons. The lowest BCUT2D eigenvalue weighted by Crippen LogP contribution is -2.20. The van der Waals surface area contributed by atoms with Gasteiger partial charge in [-0.2, -0.15) is 0 Å². The molecule has 0 fully saturated rings. The lowest BCUT2D eigenvalue weighted by Gasteiger charge is -2.20. The smallest absolute Gasteiger partial charge is 0.133 e. The number of rotatable bonds is 5. The van der Waals surface area contributed by atoms with Gasteiger partial charge in [-0.05, 0) is 59.5 Å². The van der Waals surface area contributed by atoms with E-state index >= 15 is 0 Å². The number of nitrogens with zero attached hydrogens (tertiary/aromatic N) is 2. The molecular formula is C29H25ClN2O. The summed E-state index contributed by atoms with van der Waals surface area (Å²) in [4.78, 5) is 7.16. The fourth-order valence-corrected chi connectivity index (χ4v) is 4.30. The van der Waals surface area contributed by atoms with E-state index in [-0.39, 0.29) is 0 Å². The molecule has 0 bridgehead atoms. The standard InChI is InChI=1S/C29H25ClN2O/c1-32-17-16-31-27(26-14-10-24(20-28(26)32)29-7-4-18-33-29)15-11-22-5-2-3-6-23(22)19-21-8-12-25(30)13-9-21/h2-15,18,20H,16-17,19H2,1H3/b15-11+. The molecule has 1 aliphatic heterocycles. The van der Waals surface area contributed by atoms with Crippen molar-refractivity contribution in [1.82, 2.24) is 0 Å². The van der Waals surface area contributed by atoms with E-state index in [1.165, 1.54) is 22.4 Å². The summed E-state index contributed by atoms with van der Waals surface area (Å²) in [6.07, 6.45) is 6.89. The van der Waals surface area contributed by atoms with Crippen molar-refractivity contribution in [3.05, 3.63) is 118 Å². The molecule has 0 unspecified atom stereocenters. The second-order valence-corrected chi connectivity index (χ2v) is 8.67. The third-order valence-corrected chi connectivity index (χ3v) is 6.24. The molecule has 5 rings (SSSR count). The fraction of sp³-hybridized carbons (Fsp3) is 0.138. The van der Waals surface area contributed by atoms with Crippen molar-refractivity contribution in [2.75, 3.05) is 25.0 Å². The summed E-state index contributed by atoms with van der Waals surface area (Å²) in [5.41, 5.74) is 8.09. The van der Waals surface area contributed by atoms with Crippen molar-refractivity contribution in [3.63, 3.8) is 0 Å². The van der Waals surface area contributed by atoms with Gasteiger partial charge >= 0.3 is 0 Å². The van der Waals surface area contributed by atoms with Gasteiger partial charge in [-0.15, -0.1) is 0 Å². The first kappa shape index (κ1) is 21.3. The second-order valence-electron chi connectivity index (χ2n) is 8.23. The summed E-state index contributed by atoms with van der Waals surface area (Å²) < 4.78 is 5.61. The van der Waals surface area contributed by atoms with Gasteiger partial charge in [-0.25, -0.2) is 0 Å². The molecule has 4 heteroatoms. The fourth-order valence-electron chi connectivity index (χ4n) is 4.18. The van der Waals surface area contributed by atoms with Gasteiger partial charge in [-0.1, -0.05) is 66.2 Å². The average Bonchev–Trinajstić information content (AvgIpc) is 3.33. The van der Waals surface area contributed by atoms with Crippen LogP contribution < -0.4 is 4.90 Å². The van der Waals surface area contributed by atoms with E-state index in [2.05, 4.69) is 78.7 Å². The van der Waals surface area contributed by atoms with E-state index in [9.17, 15) is 0 Å². The zero-order valence-electron chi connectivity index (χ0n) is 18.5. The number of aliphatic imine (C=N–C) groups is 1. The summed E-state index contributed by atoms with van der Waals surface area (Å²) in [7, 11) is 2.12. The molecule has 1 aromatic heterocycles. The van der Waals surface area contributed by atoms with Crippen molar-refractivity contribution in [1.29, 1.82) is 0 Å². The molecule has 3 nitrogen and oxygen atoms in total. The van der Waals surface area contributed by atoms with Crippen LogP contribution in [-0.4, -0.2) is 25.8 Å². The molecule has 4 aromatic rings. The Balaban J connectivity index is 1.45. The number of hydrogen-bond donors (Lipinski definition) is 0. The largest absolute Gasteiger partial charge is 0.464 e. The van der Waals surface area contributed by atoms with E-state index in [1.807, 2.05) is 24.3 Å². The van der Waals surface area contributed by atoms with Gasteiger partial charge in [0.15, 0.2) is 0 Å². The molecule has 1 aliphatic rings. The Morgan fingerprint density at radius 2 is 1.82 bits per heavy atom. The van der Waals surface area contributed by atoms with Gasteiger partial charge in [-0.3, -0.25) is 4.99 Å². The highest BCUT2D eigenvalue weighted by molar-refractivity contribution is 6.30. The average molecular weight is 453 g/mol. The summed E-state index contributed by atoms with van der Waals surface area (Å²) in [5.74, 6) is 0.876. The molecule has 2 heterocycles. The van der Waals surface area contributed by atoms with Crippen molar-refractivity contribution >= 4 is 29.1 Å². The van der Waals surface area contributed by atoms with Crippen LogP contribution in [0.1, 0.15) is 22.3 Å². The van der Waals surface area contributed by atoms with E-state index in [4.69, 9.17) is 21.0 Å². The van der Waals surface area contributed by atoms with Crippen molar-refractivity contribution in [2.24, 2.45) is 4.99 Å². The maximum atomic E-state index is 6.05. The number of likely N-dealkylation sites (N-methyl/N-ethyl adjacent to an activating group) is 1. The summed E-state index contributed by atoms with van der Waals surface area (Å²) in [6.45, 7) is 1.63. The van der Waals surface area contributed by atoms with Crippen molar-refractivity contribution in [2.45, 2.75) is 6.42 Å². The normalized spacial score (nSPS) is 13.6. The first-order valence-corrected chi connectivity index (χ1v) is 11.5. The molecule has 0 N–H and O–H groups in total. The van der Waals surface area contributed by atoms with Gasteiger partial charge < -0.3 is 9.32 Å². The molecule has 0 saturated carbocycles. The number of benzene rings is 3. The lowest BCUT2D eigenvalue weighted by molar-refractivity contribution is 0.582. The maximum Gasteiger partial charge on any atom is 0.133 e. The van der Waals surface area contributed by atoms with E-state index < -0.39 is 0 Å². The monoisotopic (exact) mass is 452 g/mol. The second kappa shape index (κ2) is 9.51. The van der Waals surface area contributed by atoms with Gasteiger partial charge in [0.25, 0.3) is 0 Å². The first-order valence-electron chi connectivity index (χ1n) is 11.1. The predicted octanol–water partition coefficient (Wildman–Crippen LogP) is 7.14. The number of allylic oxidation sites excluding steroid dienone is 1. The third-order valence-electron chi connectivity index (χ3n) is 5.99. The minimum absolute atomic E-state index is 0.757. The zero-order valence-corrected chi connectivity index (χ0v) is 19.3. The minimum atomic E-state index is 0.757. The molecule has 0 saturated heterocycles. The number of anilines is 1. The predicted molar refractivity (Wildman–Crippen MR) is 139 cm³/mol. The van der Waals surface area contributed by atoms with Crippen LogP contribution in [0.25, 0.3) is 17.4 Å². The van der Waals surface area contributed by atoms with Gasteiger partial charge in [0.05, 0.1) is 18.5 Å². The Morgan fingerprint density at radius 1 is 0.970 bits per heavy atom. The van der Waals surface area contributed by atoms with Crippen LogP contribution in [0.15, 0.2) is 101 Å². The Morgan fingerprint density at radius 3 is 2.64 bits per heavy atom. The Hall–Kier alpha value is -3.56.